The zero-order chi connectivity index (χ0) is 17.6. The minimum Gasteiger partial charge on any atom is -0.368 e. The Hall–Kier alpha value is -2.56. The molecule has 1 N–H and O–H groups in total. The first-order chi connectivity index (χ1) is 12.2. The van der Waals surface area contributed by atoms with E-state index in [2.05, 4.69) is 47.2 Å². The Morgan fingerprint density at radius 1 is 1.16 bits per heavy atom. The van der Waals surface area contributed by atoms with Crippen LogP contribution in [-0.2, 0) is 13.0 Å². The number of pyridine rings is 1. The van der Waals surface area contributed by atoms with Crippen molar-refractivity contribution in [2.45, 2.75) is 26.8 Å². The summed E-state index contributed by atoms with van der Waals surface area (Å²) in [6.07, 6.45) is 4.55. The maximum Gasteiger partial charge on any atom is 0.317 e. The first kappa shape index (κ1) is 17.3. The van der Waals surface area contributed by atoms with Gasteiger partial charge in [0, 0.05) is 50.8 Å². The number of hydrogen-bond donors (Lipinski definition) is 1. The summed E-state index contributed by atoms with van der Waals surface area (Å²) in [5, 5.41) is 2.99. The van der Waals surface area contributed by atoms with Gasteiger partial charge in [0.05, 0.1) is 0 Å². The molecule has 1 aliphatic heterocycles. The van der Waals surface area contributed by atoms with E-state index in [1.807, 2.05) is 17.0 Å². The molecule has 0 spiro atoms. The molecule has 1 aromatic heterocycles. The molecule has 0 atom stereocenters. The molecule has 0 unspecified atom stereocenters. The number of urea groups is 1. The van der Waals surface area contributed by atoms with Crippen LogP contribution in [0.4, 0.5) is 10.5 Å². The summed E-state index contributed by atoms with van der Waals surface area (Å²) >= 11 is 0. The topological polar surface area (TPSA) is 48.5 Å². The second-order valence-electron chi connectivity index (χ2n) is 6.43. The van der Waals surface area contributed by atoms with Gasteiger partial charge in [0.1, 0.15) is 0 Å². The summed E-state index contributed by atoms with van der Waals surface area (Å²) < 4.78 is 0. The lowest BCUT2D eigenvalue weighted by molar-refractivity contribution is 0.194. The maximum absolute atomic E-state index is 12.4. The fraction of sp³-hybridized carbons (Fsp3) is 0.400. The van der Waals surface area contributed by atoms with Crippen LogP contribution in [0.15, 0.2) is 42.7 Å². The Bertz CT molecular complexity index is 709. The summed E-state index contributed by atoms with van der Waals surface area (Å²) in [5.74, 6) is 0. The highest BCUT2D eigenvalue weighted by molar-refractivity contribution is 5.74. The molecule has 1 fully saturated rings. The van der Waals surface area contributed by atoms with Crippen molar-refractivity contribution in [1.29, 1.82) is 0 Å². The van der Waals surface area contributed by atoms with Gasteiger partial charge in [-0.25, -0.2) is 4.79 Å². The van der Waals surface area contributed by atoms with E-state index in [9.17, 15) is 4.79 Å². The van der Waals surface area contributed by atoms with E-state index in [4.69, 9.17) is 0 Å². The van der Waals surface area contributed by atoms with Gasteiger partial charge in [0.2, 0.25) is 0 Å². The molecular formula is C20H26N4O. The fourth-order valence-corrected chi connectivity index (χ4v) is 3.38. The van der Waals surface area contributed by atoms with Crippen LogP contribution < -0.4 is 10.2 Å². The molecule has 0 radical (unpaired) electrons. The molecule has 1 aromatic carbocycles. The molecule has 0 aliphatic carbocycles. The van der Waals surface area contributed by atoms with Crippen molar-refractivity contribution < 1.29 is 4.79 Å². The number of benzene rings is 1. The minimum absolute atomic E-state index is 0.00371. The Balaban J connectivity index is 1.56. The number of nitrogens with zero attached hydrogens (tertiary/aromatic N) is 3. The zero-order valence-corrected chi connectivity index (χ0v) is 15.0. The number of aromatic nitrogens is 1. The molecule has 1 aliphatic rings. The molecule has 3 rings (SSSR count). The third-order valence-electron chi connectivity index (χ3n) is 4.75. The summed E-state index contributed by atoms with van der Waals surface area (Å²) in [6.45, 7) is 8.12. The third-order valence-corrected chi connectivity index (χ3v) is 4.75. The zero-order valence-electron chi connectivity index (χ0n) is 15.0. The van der Waals surface area contributed by atoms with Crippen molar-refractivity contribution in [3.05, 3.63) is 59.4 Å². The van der Waals surface area contributed by atoms with Crippen molar-refractivity contribution in [2.24, 2.45) is 0 Å². The number of carbonyl (C=O) groups is 1. The molecule has 1 saturated heterocycles. The molecule has 0 saturated carbocycles. The summed E-state index contributed by atoms with van der Waals surface area (Å²) in [5.41, 5.74) is 5.06. The number of para-hydroxylation sites is 1. The van der Waals surface area contributed by atoms with Crippen LogP contribution in [0.1, 0.15) is 23.6 Å². The molecular weight excluding hydrogens is 312 g/mol. The number of piperazine rings is 1. The highest BCUT2D eigenvalue weighted by Gasteiger charge is 2.23. The molecule has 5 heteroatoms. The van der Waals surface area contributed by atoms with Gasteiger partial charge in [-0.1, -0.05) is 31.2 Å². The average molecular weight is 338 g/mol. The largest absolute Gasteiger partial charge is 0.368 e. The van der Waals surface area contributed by atoms with Gasteiger partial charge in [-0.3, -0.25) is 4.98 Å². The second kappa shape index (κ2) is 8.01. The van der Waals surface area contributed by atoms with Crippen LogP contribution in [0, 0.1) is 6.92 Å². The molecule has 2 aromatic rings. The second-order valence-corrected chi connectivity index (χ2v) is 6.43. The number of hydrogen-bond acceptors (Lipinski definition) is 3. The predicted octanol–water partition coefficient (Wildman–Crippen LogP) is 2.98. The van der Waals surface area contributed by atoms with Crippen LogP contribution >= 0.6 is 0 Å². The standard InChI is InChI=1S/C20H26N4O/c1-3-18-8-4-6-16(2)19(18)23-10-12-24(13-11-23)20(25)22-15-17-7-5-9-21-14-17/h4-9,14H,3,10-13,15H2,1-2H3,(H,22,25). The van der Waals surface area contributed by atoms with E-state index in [0.717, 1.165) is 38.2 Å². The van der Waals surface area contributed by atoms with Gasteiger partial charge >= 0.3 is 6.03 Å². The third kappa shape index (κ3) is 4.10. The summed E-state index contributed by atoms with van der Waals surface area (Å²) in [7, 11) is 0. The highest BCUT2D eigenvalue weighted by Crippen LogP contribution is 2.26. The lowest BCUT2D eigenvalue weighted by atomic mass is 10.0. The molecule has 2 heterocycles. The van der Waals surface area contributed by atoms with Crippen molar-refractivity contribution in [2.75, 3.05) is 31.1 Å². The van der Waals surface area contributed by atoms with E-state index in [1.54, 1.807) is 12.4 Å². The maximum atomic E-state index is 12.4. The van der Waals surface area contributed by atoms with Gasteiger partial charge in [-0.2, -0.15) is 0 Å². The lowest BCUT2D eigenvalue weighted by Crippen LogP contribution is -2.52. The van der Waals surface area contributed by atoms with Crippen molar-refractivity contribution in [3.63, 3.8) is 0 Å². The van der Waals surface area contributed by atoms with Gasteiger partial charge in [-0.15, -0.1) is 0 Å². The summed E-state index contributed by atoms with van der Waals surface area (Å²) in [4.78, 5) is 20.8. The van der Waals surface area contributed by atoms with Gasteiger partial charge in [0.25, 0.3) is 0 Å². The van der Waals surface area contributed by atoms with Gasteiger partial charge in [-0.05, 0) is 36.1 Å². The minimum atomic E-state index is 0.00371. The van der Waals surface area contributed by atoms with E-state index < -0.39 is 0 Å². The molecule has 2 amide bonds. The average Bonchev–Trinajstić information content (AvgIpc) is 2.67. The normalized spacial score (nSPS) is 14.5. The highest BCUT2D eigenvalue weighted by atomic mass is 16.2. The number of nitrogens with one attached hydrogen (secondary N) is 1. The predicted molar refractivity (Wildman–Crippen MR) is 101 cm³/mol. The Labute approximate surface area is 149 Å². The van der Waals surface area contributed by atoms with Crippen molar-refractivity contribution in [1.82, 2.24) is 15.2 Å². The number of aryl methyl sites for hydroxylation is 2. The number of carbonyl (C=O) groups excluding carboxylic acids is 1. The monoisotopic (exact) mass is 338 g/mol. The molecule has 0 bridgehead atoms. The fourth-order valence-electron chi connectivity index (χ4n) is 3.38. The van der Waals surface area contributed by atoms with Crippen LogP contribution in [0.3, 0.4) is 0 Å². The Kier molecular flexibility index (Phi) is 5.53. The molecule has 132 valence electrons. The van der Waals surface area contributed by atoms with Crippen LogP contribution in [0.25, 0.3) is 0 Å². The lowest BCUT2D eigenvalue weighted by Gasteiger charge is -2.37. The van der Waals surface area contributed by atoms with E-state index in [-0.39, 0.29) is 6.03 Å². The number of amides is 2. The summed E-state index contributed by atoms with van der Waals surface area (Å²) in [6, 6.07) is 10.4. The number of anilines is 1. The van der Waals surface area contributed by atoms with Gasteiger partial charge in [0.15, 0.2) is 0 Å². The number of rotatable bonds is 4. The van der Waals surface area contributed by atoms with Gasteiger partial charge < -0.3 is 15.1 Å². The Morgan fingerprint density at radius 3 is 2.64 bits per heavy atom. The van der Waals surface area contributed by atoms with Crippen LogP contribution in [-0.4, -0.2) is 42.1 Å². The van der Waals surface area contributed by atoms with E-state index in [0.29, 0.717) is 6.54 Å². The smallest absolute Gasteiger partial charge is 0.317 e. The van der Waals surface area contributed by atoms with E-state index >= 15 is 0 Å². The van der Waals surface area contributed by atoms with Crippen molar-refractivity contribution >= 4 is 11.7 Å². The van der Waals surface area contributed by atoms with Crippen LogP contribution in [0.2, 0.25) is 0 Å². The van der Waals surface area contributed by atoms with Crippen LogP contribution in [0.5, 0.6) is 0 Å². The van der Waals surface area contributed by atoms with E-state index in [1.165, 1.54) is 16.8 Å². The molecule has 25 heavy (non-hydrogen) atoms. The molecule has 5 nitrogen and oxygen atoms in total. The first-order valence-electron chi connectivity index (χ1n) is 8.94. The quantitative estimate of drug-likeness (QED) is 0.932. The van der Waals surface area contributed by atoms with Crippen molar-refractivity contribution in [3.8, 4) is 0 Å². The Morgan fingerprint density at radius 2 is 1.96 bits per heavy atom. The SMILES string of the molecule is CCc1cccc(C)c1N1CCN(C(=O)NCc2cccnc2)CC1. The first-order valence-corrected chi connectivity index (χ1v) is 8.94.